The van der Waals surface area contributed by atoms with Gasteiger partial charge in [0.15, 0.2) is 5.15 Å². The second kappa shape index (κ2) is 4.75. The third-order valence-electron chi connectivity index (χ3n) is 1.88. The molecule has 7 heteroatoms. The van der Waals surface area contributed by atoms with Gasteiger partial charge in [0.25, 0.3) is 0 Å². The normalized spacial score (nSPS) is 9.94. The highest BCUT2D eigenvalue weighted by Gasteiger charge is 2.14. The molecule has 0 unspecified atom stereocenters. The Morgan fingerprint density at radius 3 is 2.59 bits per heavy atom. The summed E-state index contributed by atoms with van der Waals surface area (Å²) in [6.07, 6.45) is 0. The van der Waals surface area contributed by atoms with E-state index in [1.807, 2.05) is 0 Å². The summed E-state index contributed by atoms with van der Waals surface area (Å²) < 4.78 is 5.25. The smallest absolute Gasteiger partial charge is 0.311 e. The zero-order chi connectivity index (χ0) is 12.3. The summed E-state index contributed by atoms with van der Waals surface area (Å²) in [6, 6.07) is 8.97. The van der Waals surface area contributed by atoms with E-state index in [-0.39, 0.29) is 22.5 Å². The van der Waals surface area contributed by atoms with Crippen LogP contribution in [0, 0.1) is 10.1 Å². The predicted molar refractivity (Wildman–Crippen MR) is 60.2 cm³/mol. The van der Waals surface area contributed by atoms with Crippen LogP contribution in [-0.2, 0) is 0 Å². The van der Waals surface area contributed by atoms with Gasteiger partial charge >= 0.3 is 5.69 Å². The van der Waals surface area contributed by atoms with Gasteiger partial charge in [-0.25, -0.2) is 0 Å². The third-order valence-corrected chi connectivity index (χ3v) is 2.09. The monoisotopic (exact) mass is 251 g/mol. The summed E-state index contributed by atoms with van der Waals surface area (Å²) in [7, 11) is 0. The summed E-state index contributed by atoms with van der Waals surface area (Å²) in [5, 5.41) is 18.2. The van der Waals surface area contributed by atoms with Crippen molar-refractivity contribution in [2.24, 2.45) is 0 Å². The number of ether oxygens (including phenoxy) is 1. The van der Waals surface area contributed by atoms with Crippen LogP contribution < -0.4 is 4.74 Å². The average Bonchev–Trinajstić information content (AvgIpc) is 2.32. The molecule has 17 heavy (non-hydrogen) atoms. The summed E-state index contributed by atoms with van der Waals surface area (Å²) in [4.78, 5) is 10.2. The molecular formula is C10H6ClN3O3. The molecule has 86 valence electrons. The van der Waals surface area contributed by atoms with Crippen LogP contribution in [0.1, 0.15) is 0 Å². The Hall–Kier alpha value is -2.21. The Morgan fingerprint density at radius 2 is 1.94 bits per heavy atom. The molecule has 0 atom stereocenters. The molecule has 0 saturated heterocycles. The Kier molecular flexibility index (Phi) is 3.15. The van der Waals surface area contributed by atoms with Crippen molar-refractivity contribution in [2.45, 2.75) is 0 Å². The van der Waals surface area contributed by atoms with Crippen LogP contribution in [0.5, 0.6) is 11.6 Å². The molecule has 0 amide bonds. The molecule has 0 radical (unpaired) electrons. The second-order valence-corrected chi connectivity index (χ2v) is 3.41. The first kappa shape index (κ1) is 11.3. The van der Waals surface area contributed by atoms with Crippen LogP contribution in [0.2, 0.25) is 5.15 Å². The fourth-order valence-electron chi connectivity index (χ4n) is 1.17. The summed E-state index contributed by atoms with van der Waals surface area (Å²) in [6.45, 7) is 0. The minimum atomic E-state index is -0.529. The molecule has 2 aromatic rings. The van der Waals surface area contributed by atoms with Gasteiger partial charge in [0.2, 0.25) is 11.6 Å². The van der Waals surface area contributed by atoms with Gasteiger partial charge in [-0.15, -0.1) is 10.2 Å². The molecule has 1 heterocycles. The van der Waals surface area contributed by atoms with Gasteiger partial charge in [-0.1, -0.05) is 23.7 Å². The molecule has 0 saturated carbocycles. The zero-order valence-electron chi connectivity index (χ0n) is 8.41. The number of benzene rings is 1. The molecule has 2 rings (SSSR count). The first-order chi connectivity index (χ1) is 8.16. The van der Waals surface area contributed by atoms with Gasteiger partial charge in [-0.05, 0) is 12.1 Å². The fraction of sp³-hybridized carbons (Fsp3) is 0. The van der Waals surface area contributed by atoms with E-state index in [9.17, 15) is 10.1 Å². The molecule has 0 fully saturated rings. The summed E-state index contributed by atoms with van der Waals surface area (Å²) >= 11 is 5.56. The van der Waals surface area contributed by atoms with Gasteiger partial charge in [0, 0.05) is 12.1 Å². The summed E-state index contributed by atoms with van der Waals surface area (Å²) in [5.41, 5.74) is -0.135. The lowest BCUT2D eigenvalue weighted by atomic mass is 10.3. The van der Waals surface area contributed by atoms with Crippen molar-refractivity contribution in [3.63, 3.8) is 0 Å². The summed E-state index contributed by atoms with van der Waals surface area (Å²) in [5.74, 6) is 0.248. The predicted octanol–water partition coefficient (Wildman–Crippen LogP) is 2.83. The lowest BCUT2D eigenvalue weighted by Crippen LogP contribution is -1.95. The van der Waals surface area contributed by atoms with Gasteiger partial charge in [0.05, 0.1) is 4.92 Å². The van der Waals surface area contributed by atoms with Crippen molar-refractivity contribution in [3.8, 4) is 11.6 Å². The Morgan fingerprint density at radius 1 is 1.18 bits per heavy atom. The van der Waals surface area contributed by atoms with E-state index in [2.05, 4.69) is 10.2 Å². The van der Waals surface area contributed by atoms with Crippen molar-refractivity contribution >= 4 is 17.3 Å². The number of halogens is 1. The number of nitro benzene ring substituents is 1. The third kappa shape index (κ3) is 2.67. The molecule has 0 aliphatic heterocycles. The topological polar surface area (TPSA) is 78.2 Å². The lowest BCUT2D eigenvalue weighted by molar-refractivity contribution is -0.385. The van der Waals surface area contributed by atoms with Crippen molar-refractivity contribution in [3.05, 3.63) is 51.7 Å². The first-order valence-corrected chi connectivity index (χ1v) is 4.95. The van der Waals surface area contributed by atoms with Crippen molar-refractivity contribution in [2.75, 3.05) is 0 Å². The number of hydrogen-bond acceptors (Lipinski definition) is 5. The molecular weight excluding hydrogens is 246 g/mol. The van der Waals surface area contributed by atoms with Gasteiger partial charge in [-0.2, -0.15) is 0 Å². The molecule has 1 aromatic heterocycles. The number of aromatic nitrogens is 2. The number of rotatable bonds is 3. The number of nitrogens with zero attached hydrogens (tertiary/aromatic N) is 3. The fourth-order valence-corrected chi connectivity index (χ4v) is 1.27. The van der Waals surface area contributed by atoms with Crippen LogP contribution >= 0.6 is 11.6 Å². The number of hydrogen-bond donors (Lipinski definition) is 0. The van der Waals surface area contributed by atoms with E-state index in [4.69, 9.17) is 16.3 Å². The van der Waals surface area contributed by atoms with Crippen LogP contribution in [0.4, 0.5) is 5.69 Å². The number of para-hydroxylation sites is 2. The highest BCUT2D eigenvalue weighted by atomic mass is 35.5. The Balaban J connectivity index is 2.30. The SMILES string of the molecule is O=[N+]([O-])c1ccccc1Oc1ccc(Cl)nn1. The van der Waals surface area contributed by atoms with Crippen molar-refractivity contribution < 1.29 is 9.66 Å². The van der Waals surface area contributed by atoms with Crippen LogP contribution in [0.25, 0.3) is 0 Å². The number of nitro groups is 1. The standard InChI is InChI=1S/C10H6ClN3O3/c11-9-5-6-10(13-12-9)17-8-4-2-1-3-7(8)14(15)16/h1-6H. The molecule has 1 aromatic carbocycles. The van der Waals surface area contributed by atoms with E-state index < -0.39 is 4.92 Å². The second-order valence-electron chi connectivity index (χ2n) is 3.02. The zero-order valence-corrected chi connectivity index (χ0v) is 9.16. The molecule has 0 spiro atoms. The van der Waals surface area contributed by atoms with E-state index in [0.29, 0.717) is 0 Å². The van der Waals surface area contributed by atoms with Crippen LogP contribution in [0.15, 0.2) is 36.4 Å². The maximum Gasteiger partial charge on any atom is 0.311 e. The van der Waals surface area contributed by atoms with Crippen LogP contribution in [-0.4, -0.2) is 15.1 Å². The van der Waals surface area contributed by atoms with Crippen molar-refractivity contribution in [1.82, 2.24) is 10.2 Å². The average molecular weight is 252 g/mol. The van der Waals surface area contributed by atoms with E-state index in [1.54, 1.807) is 12.1 Å². The molecule has 6 nitrogen and oxygen atoms in total. The quantitative estimate of drug-likeness (QED) is 0.619. The van der Waals surface area contributed by atoms with Gasteiger partial charge in [0.1, 0.15) is 0 Å². The highest BCUT2D eigenvalue weighted by Crippen LogP contribution is 2.29. The first-order valence-electron chi connectivity index (χ1n) is 4.57. The maximum atomic E-state index is 10.7. The molecule has 0 aliphatic carbocycles. The minimum absolute atomic E-state index is 0.106. The van der Waals surface area contributed by atoms with E-state index in [1.165, 1.54) is 24.3 Å². The Labute approximate surface area is 101 Å². The molecule has 0 aliphatic rings. The van der Waals surface area contributed by atoms with E-state index >= 15 is 0 Å². The van der Waals surface area contributed by atoms with Crippen LogP contribution in [0.3, 0.4) is 0 Å². The van der Waals surface area contributed by atoms with Crippen molar-refractivity contribution in [1.29, 1.82) is 0 Å². The Bertz CT molecular complexity index is 545. The molecule has 0 N–H and O–H groups in total. The maximum absolute atomic E-state index is 10.7. The largest absolute Gasteiger partial charge is 0.430 e. The van der Waals surface area contributed by atoms with E-state index in [0.717, 1.165) is 0 Å². The highest BCUT2D eigenvalue weighted by molar-refractivity contribution is 6.29. The van der Waals surface area contributed by atoms with Gasteiger partial charge < -0.3 is 4.74 Å². The minimum Gasteiger partial charge on any atom is -0.430 e. The molecule has 0 bridgehead atoms. The lowest BCUT2D eigenvalue weighted by Gasteiger charge is -2.03. The van der Waals surface area contributed by atoms with Gasteiger partial charge in [-0.3, -0.25) is 10.1 Å².